The van der Waals surface area contributed by atoms with E-state index in [2.05, 4.69) is 15.6 Å². The zero-order chi connectivity index (χ0) is 19.1. The zero-order valence-corrected chi connectivity index (χ0v) is 15.7. The standard InChI is InChI=1S/C20H23ClFN3O2/c21-17-6-4-14(11-18(17)22)20-15(12-23-9-10-27-20)13-25-19(26)7-5-16-3-1-2-8-24-16/h1-4,6,8,11,15,20,23H,5,7,9-10,12-13H2,(H,25,26)/t15-,20-/m0/s1. The summed E-state index contributed by atoms with van der Waals surface area (Å²) in [5, 5.41) is 6.36. The third-order valence-corrected chi connectivity index (χ3v) is 4.89. The minimum Gasteiger partial charge on any atom is -0.372 e. The summed E-state index contributed by atoms with van der Waals surface area (Å²) in [7, 11) is 0. The highest BCUT2D eigenvalue weighted by Gasteiger charge is 2.27. The smallest absolute Gasteiger partial charge is 0.220 e. The van der Waals surface area contributed by atoms with Crippen molar-refractivity contribution in [3.05, 3.63) is 64.7 Å². The molecule has 1 fully saturated rings. The number of rotatable bonds is 6. The molecule has 0 unspecified atom stereocenters. The Labute approximate surface area is 163 Å². The zero-order valence-electron chi connectivity index (χ0n) is 15.0. The average Bonchev–Trinajstić information content (AvgIpc) is 2.93. The molecule has 1 aliphatic heterocycles. The molecule has 5 nitrogen and oxygen atoms in total. The summed E-state index contributed by atoms with van der Waals surface area (Å²) in [6.07, 6.45) is 2.39. The lowest BCUT2D eigenvalue weighted by Gasteiger charge is -2.25. The maximum atomic E-state index is 13.9. The molecule has 2 heterocycles. The van der Waals surface area contributed by atoms with Crippen molar-refractivity contribution in [2.45, 2.75) is 18.9 Å². The molecule has 0 bridgehead atoms. The van der Waals surface area contributed by atoms with E-state index in [1.807, 2.05) is 18.2 Å². The molecule has 7 heteroatoms. The maximum Gasteiger partial charge on any atom is 0.220 e. The summed E-state index contributed by atoms with van der Waals surface area (Å²) >= 11 is 5.79. The van der Waals surface area contributed by atoms with Crippen LogP contribution in [-0.2, 0) is 16.0 Å². The van der Waals surface area contributed by atoms with Crippen LogP contribution in [-0.4, -0.2) is 37.1 Å². The Balaban J connectivity index is 1.58. The summed E-state index contributed by atoms with van der Waals surface area (Å²) in [6, 6.07) is 10.4. The number of amides is 1. The van der Waals surface area contributed by atoms with Gasteiger partial charge in [-0.15, -0.1) is 0 Å². The second-order valence-electron chi connectivity index (χ2n) is 6.55. The fraction of sp³-hybridized carbons (Fsp3) is 0.400. The Morgan fingerprint density at radius 2 is 2.26 bits per heavy atom. The topological polar surface area (TPSA) is 63.2 Å². The van der Waals surface area contributed by atoms with Crippen molar-refractivity contribution in [3.8, 4) is 0 Å². The number of nitrogens with one attached hydrogen (secondary N) is 2. The van der Waals surface area contributed by atoms with Crippen molar-refractivity contribution >= 4 is 17.5 Å². The van der Waals surface area contributed by atoms with Crippen molar-refractivity contribution in [1.29, 1.82) is 0 Å². The van der Waals surface area contributed by atoms with Crippen LogP contribution in [0.2, 0.25) is 5.02 Å². The van der Waals surface area contributed by atoms with Gasteiger partial charge in [-0.3, -0.25) is 9.78 Å². The molecular weight excluding hydrogens is 369 g/mol. The predicted octanol–water partition coefficient (Wildman–Crippen LogP) is 2.90. The molecule has 1 aromatic heterocycles. The van der Waals surface area contributed by atoms with Crippen LogP contribution in [0, 0.1) is 11.7 Å². The Bertz CT molecular complexity index is 760. The fourth-order valence-corrected chi connectivity index (χ4v) is 3.26. The van der Waals surface area contributed by atoms with Gasteiger partial charge in [0.2, 0.25) is 5.91 Å². The lowest BCUT2D eigenvalue weighted by Crippen LogP contribution is -2.36. The number of hydrogen-bond acceptors (Lipinski definition) is 4. The van der Waals surface area contributed by atoms with Crippen LogP contribution in [0.3, 0.4) is 0 Å². The third kappa shape index (κ3) is 5.73. The van der Waals surface area contributed by atoms with E-state index >= 15 is 0 Å². The van der Waals surface area contributed by atoms with Crippen molar-refractivity contribution < 1.29 is 13.9 Å². The monoisotopic (exact) mass is 391 g/mol. The minimum atomic E-state index is -0.465. The highest BCUT2D eigenvalue weighted by Crippen LogP contribution is 2.29. The van der Waals surface area contributed by atoms with Gasteiger partial charge in [0.15, 0.2) is 0 Å². The van der Waals surface area contributed by atoms with Gasteiger partial charge in [-0.05, 0) is 36.2 Å². The second-order valence-corrected chi connectivity index (χ2v) is 6.96. The van der Waals surface area contributed by atoms with E-state index in [1.54, 1.807) is 12.3 Å². The maximum absolute atomic E-state index is 13.9. The molecule has 1 aliphatic rings. The molecule has 27 heavy (non-hydrogen) atoms. The summed E-state index contributed by atoms with van der Waals surface area (Å²) in [4.78, 5) is 16.4. The van der Waals surface area contributed by atoms with Gasteiger partial charge in [0.1, 0.15) is 5.82 Å². The van der Waals surface area contributed by atoms with Crippen LogP contribution in [0.25, 0.3) is 0 Å². The first kappa shape index (κ1) is 19.7. The Morgan fingerprint density at radius 1 is 1.37 bits per heavy atom. The summed E-state index contributed by atoms with van der Waals surface area (Å²) in [5.41, 5.74) is 1.62. The first-order valence-electron chi connectivity index (χ1n) is 9.07. The van der Waals surface area contributed by atoms with Crippen LogP contribution < -0.4 is 10.6 Å². The van der Waals surface area contributed by atoms with E-state index in [-0.39, 0.29) is 23.0 Å². The van der Waals surface area contributed by atoms with Crippen LogP contribution in [0.1, 0.15) is 23.8 Å². The normalized spacial score (nSPS) is 20.1. The quantitative estimate of drug-likeness (QED) is 0.794. The molecule has 0 radical (unpaired) electrons. The van der Waals surface area contributed by atoms with Crippen molar-refractivity contribution in [3.63, 3.8) is 0 Å². The molecule has 2 atom stereocenters. The van der Waals surface area contributed by atoms with Gasteiger partial charge >= 0.3 is 0 Å². The van der Waals surface area contributed by atoms with Gasteiger partial charge in [-0.2, -0.15) is 0 Å². The molecule has 1 aromatic carbocycles. The third-order valence-electron chi connectivity index (χ3n) is 4.58. The molecule has 0 aliphatic carbocycles. The number of ether oxygens (including phenoxy) is 1. The number of benzene rings is 1. The largest absolute Gasteiger partial charge is 0.372 e. The first-order valence-corrected chi connectivity index (χ1v) is 9.45. The summed E-state index contributed by atoms with van der Waals surface area (Å²) in [5.74, 6) is -0.508. The van der Waals surface area contributed by atoms with E-state index in [1.165, 1.54) is 12.1 Å². The van der Waals surface area contributed by atoms with E-state index in [0.29, 0.717) is 32.5 Å². The number of halogens is 2. The molecule has 1 amide bonds. The van der Waals surface area contributed by atoms with Crippen molar-refractivity contribution in [2.24, 2.45) is 5.92 Å². The molecule has 1 saturated heterocycles. The molecule has 0 saturated carbocycles. The number of aryl methyl sites for hydroxylation is 1. The van der Waals surface area contributed by atoms with Crippen LogP contribution in [0.4, 0.5) is 4.39 Å². The highest BCUT2D eigenvalue weighted by molar-refractivity contribution is 6.30. The minimum absolute atomic E-state index is 0.00752. The highest BCUT2D eigenvalue weighted by atomic mass is 35.5. The second kappa shape index (κ2) is 9.78. The summed E-state index contributed by atoms with van der Waals surface area (Å²) in [6.45, 7) is 2.37. The van der Waals surface area contributed by atoms with Crippen LogP contribution >= 0.6 is 11.6 Å². The van der Waals surface area contributed by atoms with Gasteiger partial charge in [0, 0.05) is 43.9 Å². The van der Waals surface area contributed by atoms with E-state index < -0.39 is 5.82 Å². The first-order chi connectivity index (χ1) is 13.1. The van der Waals surface area contributed by atoms with Crippen molar-refractivity contribution in [2.75, 3.05) is 26.2 Å². The Morgan fingerprint density at radius 3 is 3.04 bits per heavy atom. The van der Waals surface area contributed by atoms with E-state index in [0.717, 1.165) is 17.8 Å². The lowest BCUT2D eigenvalue weighted by atomic mass is 9.95. The number of pyridine rings is 1. The van der Waals surface area contributed by atoms with Gasteiger partial charge in [0.25, 0.3) is 0 Å². The summed E-state index contributed by atoms with van der Waals surface area (Å²) < 4.78 is 19.8. The Kier molecular flexibility index (Phi) is 7.15. The Hall–Kier alpha value is -2.02. The molecule has 2 aromatic rings. The van der Waals surface area contributed by atoms with Crippen LogP contribution in [0.15, 0.2) is 42.6 Å². The van der Waals surface area contributed by atoms with E-state index in [9.17, 15) is 9.18 Å². The fourth-order valence-electron chi connectivity index (χ4n) is 3.15. The SMILES string of the molecule is O=C(CCc1ccccn1)NC[C@@H]1CNCCO[C@H]1c1ccc(Cl)c(F)c1. The number of carbonyl (C=O) groups excluding carboxylic acids is 1. The van der Waals surface area contributed by atoms with Gasteiger partial charge in [-0.25, -0.2) is 4.39 Å². The predicted molar refractivity (Wildman–Crippen MR) is 102 cm³/mol. The number of hydrogen-bond donors (Lipinski definition) is 2. The molecular formula is C20H23ClFN3O2. The lowest BCUT2D eigenvalue weighted by molar-refractivity contribution is -0.121. The molecule has 3 rings (SSSR count). The van der Waals surface area contributed by atoms with Gasteiger partial charge in [-0.1, -0.05) is 23.7 Å². The number of carbonyl (C=O) groups is 1. The van der Waals surface area contributed by atoms with Crippen molar-refractivity contribution in [1.82, 2.24) is 15.6 Å². The molecule has 144 valence electrons. The van der Waals surface area contributed by atoms with E-state index in [4.69, 9.17) is 16.3 Å². The molecule has 2 N–H and O–H groups in total. The van der Waals surface area contributed by atoms with Crippen LogP contribution in [0.5, 0.6) is 0 Å². The van der Waals surface area contributed by atoms with Gasteiger partial charge in [0.05, 0.1) is 17.7 Å². The molecule has 0 spiro atoms. The average molecular weight is 392 g/mol. The van der Waals surface area contributed by atoms with Gasteiger partial charge < -0.3 is 15.4 Å². The number of aromatic nitrogens is 1. The number of nitrogens with zero attached hydrogens (tertiary/aromatic N) is 1.